The number of hydrogen-bond donors (Lipinski definition) is 1. The Balaban J connectivity index is 3.21. The van der Waals surface area contributed by atoms with Gasteiger partial charge in [-0.2, -0.15) is 0 Å². The second-order valence-corrected chi connectivity index (χ2v) is 4.28. The molecular formula is C11H14FNO. The number of carbonyl (C=O) groups excluding carboxylic acids is 1. The zero-order chi connectivity index (χ0) is 10.9. The van der Waals surface area contributed by atoms with Crippen molar-refractivity contribution in [2.24, 2.45) is 5.41 Å². The Morgan fingerprint density at radius 1 is 1.36 bits per heavy atom. The molecule has 0 atom stereocenters. The number of halogens is 1. The third-order valence-electron chi connectivity index (χ3n) is 1.98. The Morgan fingerprint density at radius 3 is 2.43 bits per heavy atom. The molecule has 0 aliphatic carbocycles. The molecule has 0 fully saturated rings. The van der Waals surface area contributed by atoms with Crippen LogP contribution >= 0.6 is 0 Å². The minimum atomic E-state index is -0.542. The zero-order valence-corrected chi connectivity index (χ0v) is 8.60. The lowest BCUT2D eigenvalue weighted by Gasteiger charge is -2.17. The Hall–Kier alpha value is -1.38. The molecule has 0 heterocycles. The zero-order valence-electron chi connectivity index (χ0n) is 8.60. The topological polar surface area (TPSA) is 43.1 Å². The van der Waals surface area contributed by atoms with Gasteiger partial charge in [0.25, 0.3) is 0 Å². The van der Waals surface area contributed by atoms with Crippen molar-refractivity contribution in [2.45, 2.75) is 20.8 Å². The highest BCUT2D eigenvalue weighted by molar-refractivity contribution is 6.03. The third-order valence-corrected chi connectivity index (χ3v) is 1.98. The van der Waals surface area contributed by atoms with Gasteiger partial charge < -0.3 is 5.73 Å². The number of ketones is 1. The lowest BCUT2D eigenvalue weighted by molar-refractivity contribution is 0.0859. The summed E-state index contributed by atoms with van der Waals surface area (Å²) >= 11 is 0. The van der Waals surface area contributed by atoms with Gasteiger partial charge in [-0.05, 0) is 12.1 Å². The SMILES string of the molecule is CC(C)(C)C(=O)c1cccc(F)c1N. The Bertz CT molecular complexity index is 366. The number of para-hydroxylation sites is 1. The van der Waals surface area contributed by atoms with Crippen molar-refractivity contribution in [1.29, 1.82) is 0 Å². The monoisotopic (exact) mass is 195 g/mol. The Labute approximate surface area is 82.9 Å². The number of nitrogens with two attached hydrogens (primary N) is 1. The fraction of sp³-hybridized carbons (Fsp3) is 0.364. The summed E-state index contributed by atoms with van der Waals surface area (Å²) in [7, 11) is 0. The minimum Gasteiger partial charge on any atom is -0.396 e. The van der Waals surface area contributed by atoms with Crippen LogP contribution < -0.4 is 5.73 Å². The van der Waals surface area contributed by atoms with Crippen LogP contribution in [-0.2, 0) is 0 Å². The lowest BCUT2D eigenvalue weighted by Crippen LogP contribution is -2.21. The molecule has 0 aliphatic rings. The van der Waals surface area contributed by atoms with Crippen LogP contribution in [0.4, 0.5) is 10.1 Å². The third kappa shape index (κ3) is 1.92. The number of rotatable bonds is 1. The minimum absolute atomic E-state index is 0.0626. The molecule has 1 aromatic rings. The van der Waals surface area contributed by atoms with Gasteiger partial charge in [-0.3, -0.25) is 4.79 Å². The van der Waals surface area contributed by atoms with Gasteiger partial charge in [-0.15, -0.1) is 0 Å². The molecule has 0 saturated heterocycles. The Kier molecular flexibility index (Phi) is 2.60. The highest BCUT2D eigenvalue weighted by atomic mass is 19.1. The van der Waals surface area contributed by atoms with Gasteiger partial charge in [0.2, 0.25) is 0 Å². The van der Waals surface area contributed by atoms with Crippen molar-refractivity contribution in [3.05, 3.63) is 29.6 Å². The molecule has 1 rings (SSSR count). The number of anilines is 1. The van der Waals surface area contributed by atoms with E-state index >= 15 is 0 Å². The number of nitrogen functional groups attached to an aromatic ring is 1. The maximum Gasteiger partial charge on any atom is 0.170 e. The largest absolute Gasteiger partial charge is 0.396 e. The van der Waals surface area contributed by atoms with Crippen LogP contribution in [-0.4, -0.2) is 5.78 Å². The quantitative estimate of drug-likeness (QED) is 0.553. The van der Waals surface area contributed by atoms with Crippen molar-refractivity contribution < 1.29 is 9.18 Å². The number of Topliss-reactive ketones (excluding diaryl/α,β-unsaturated/α-hetero) is 1. The second-order valence-electron chi connectivity index (χ2n) is 4.28. The van der Waals surface area contributed by atoms with E-state index in [1.54, 1.807) is 26.8 Å². The van der Waals surface area contributed by atoms with Gasteiger partial charge in [0.05, 0.1) is 5.69 Å². The summed E-state index contributed by atoms with van der Waals surface area (Å²) in [5, 5.41) is 0. The Morgan fingerprint density at radius 2 is 1.93 bits per heavy atom. The highest BCUT2D eigenvalue weighted by Gasteiger charge is 2.25. The standard InChI is InChI=1S/C11H14FNO/c1-11(2,3)10(14)7-5-4-6-8(12)9(7)13/h4-6H,13H2,1-3H3. The van der Waals surface area contributed by atoms with E-state index in [1.807, 2.05) is 0 Å². The summed E-state index contributed by atoms with van der Waals surface area (Å²) in [5.74, 6) is -0.686. The van der Waals surface area contributed by atoms with Crippen LogP contribution in [0, 0.1) is 11.2 Å². The molecular weight excluding hydrogens is 181 g/mol. The number of hydrogen-bond acceptors (Lipinski definition) is 2. The molecule has 2 N–H and O–H groups in total. The van der Waals surface area contributed by atoms with Gasteiger partial charge >= 0.3 is 0 Å². The first-order chi connectivity index (χ1) is 6.34. The molecule has 0 saturated carbocycles. The molecule has 14 heavy (non-hydrogen) atoms. The van der Waals surface area contributed by atoms with Gasteiger partial charge in [-0.1, -0.05) is 26.8 Å². The summed E-state index contributed by atoms with van der Waals surface area (Å²) in [4.78, 5) is 11.8. The molecule has 0 radical (unpaired) electrons. The molecule has 0 unspecified atom stereocenters. The molecule has 0 aliphatic heterocycles. The molecule has 0 spiro atoms. The van der Waals surface area contributed by atoms with E-state index < -0.39 is 11.2 Å². The summed E-state index contributed by atoms with van der Waals surface area (Å²) < 4.78 is 13.1. The van der Waals surface area contributed by atoms with Gasteiger partial charge in [0.15, 0.2) is 5.78 Å². The lowest BCUT2D eigenvalue weighted by atomic mass is 9.86. The normalized spacial score (nSPS) is 11.4. The van der Waals surface area contributed by atoms with Crippen LogP contribution in [0.15, 0.2) is 18.2 Å². The van der Waals surface area contributed by atoms with E-state index in [2.05, 4.69) is 0 Å². The predicted octanol–water partition coefficient (Wildman–Crippen LogP) is 2.64. The maximum atomic E-state index is 13.1. The molecule has 1 aromatic carbocycles. The first kappa shape index (κ1) is 10.7. The van der Waals surface area contributed by atoms with E-state index in [0.717, 1.165) is 0 Å². The van der Waals surface area contributed by atoms with E-state index in [1.165, 1.54) is 12.1 Å². The number of carbonyl (C=O) groups is 1. The van der Waals surface area contributed by atoms with Gasteiger partial charge in [0.1, 0.15) is 5.82 Å². The fourth-order valence-electron chi connectivity index (χ4n) is 1.14. The van der Waals surface area contributed by atoms with E-state index in [4.69, 9.17) is 5.73 Å². The molecule has 0 bridgehead atoms. The average Bonchev–Trinajstić information content (AvgIpc) is 2.07. The van der Waals surface area contributed by atoms with Crippen molar-refractivity contribution in [3.8, 4) is 0 Å². The highest BCUT2D eigenvalue weighted by Crippen LogP contribution is 2.25. The fourth-order valence-corrected chi connectivity index (χ4v) is 1.14. The van der Waals surface area contributed by atoms with E-state index in [0.29, 0.717) is 0 Å². The van der Waals surface area contributed by atoms with Gasteiger partial charge in [-0.25, -0.2) is 4.39 Å². The van der Waals surface area contributed by atoms with Crippen LogP contribution in [0.3, 0.4) is 0 Å². The predicted molar refractivity (Wildman–Crippen MR) is 54.6 cm³/mol. The molecule has 0 amide bonds. The second kappa shape index (κ2) is 3.40. The summed E-state index contributed by atoms with van der Waals surface area (Å²) in [6, 6.07) is 4.28. The first-order valence-electron chi connectivity index (χ1n) is 4.43. The van der Waals surface area contributed by atoms with Crippen molar-refractivity contribution in [3.63, 3.8) is 0 Å². The molecule has 76 valence electrons. The summed E-state index contributed by atoms with van der Waals surface area (Å²) in [6.07, 6.45) is 0. The van der Waals surface area contributed by atoms with Gasteiger partial charge in [0, 0.05) is 11.0 Å². The van der Waals surface area contributed by atoms with Crippen molar-refractivity contribution in [1.82, 2.24) is 0 Å². The maximum absolute atomic E-state index is 13.1. The smallest absolute Gasteiger partial charge is 0.170 e. The van der Waals surface area contributed by atoms with Crippen LogP contribution in [0.5, 0.6) is 0 Å². The average molecular weight is 195 g/mol. The summed E-state index contributed by atoms with van der Waals surface area (Å²) in [6.45, 7) is 5.33. The van der Waals surface area contributed by atoms with Crippen LogP contribution in [0.2, 0.25) is 0 Å². The molecule has 0 aromatic heterocycles. The molecule has 2 nitrogen and oxygen atoms in total. The van der Waals surface area contributed by atoms with Crippen molar-refractivity contribution >= 4 is 11.5 Å². The van der Waals surface area contributed by atoms with Crippen LogP contribution in [0.25, 0.3) is 0 Å². The molecule has 3 heteroatoms. The first-order valence-corrected chi connectivity index (χ1v) is 4.43. The number of benzene rings is 1. The van der Waals surface area contributed by atoms with Crippen LogP contribution in [0.1, 0.15) is 31.1 Å². The van der Waals surface area contributed by atoms with E-state index in [-0.39, 0.29) is 17.0 Å². The van der Waals surface area contributed by atoms with E-state index in [9.17, 15) is 9.18 Å². The summed E-state index contributed by atoms with van der Waals surface area (Å²) in [5.41, 5.74) is 5.14. The van der Waals surface area contributed by atoms with Crippen molar-refractivity contribution in [2.75, 3.05) is 5.73 Å².